The fourth-order valence-electron chi connectivity index (χ4n) is 1.92. The number of hydrogen-bond acceptors (Lipinski definition) is 2. The van der Waals surface area contributed by atoms with Crippen molar-refractivity contribution in [2.45, 2.75) is 40.5 Å². The third kappa shape index (κ3) is 5.37. The van der Waals surface area contributed by atoms with Gasteiger partial charge in [0.2, 0.25) is 0 Å². The van der Waals surface area contributed by atoms with E-state index in [0.29, 0.717) is 24.2 Å². The van der Waals surface area contributed by atoms with Gasteiger partial charge in [-0.15, -0.1) is 5.92 Å². The van der Waals surface area contributed by atoms with Gasteiger partial charge in [0.25, 0.3) is 0 Å². The molecule has 1 saturated heterocycles. The van der Waals surface area contributed by atoms with Gasteiger partial charge in [-0.2, -0.15) is 0 Å². The zero-order valence-corrected chi connectivity index (χ0v) is 11.6. The molecule has 0 aromatic heterocycles. The highest BCUT2D eigenvalue weighted by Gasteiger charge is 2.20. The number of carbonyl (C=O) groups excluding carboxylic acids is 1. The van der Waals surface area contributed by atoms with Crippen LogP contribution in [-0.4, -0.2) is 30.3 Å². The van der Waals surface area contributed by atoms with Crippen molar-refractivity contribution in [3.63, 3.8) is 0 Å². The Hall–Kier alpha value is -0.810. The first-order valence-electron chi connectivity index (χ1n) is 6.75. The largest absolute Gasteiger partial charge is 0.298 e. The average molecular weight is 235 g/mol. The molecule has 0 aliphatic carbocycles. The molecule has 0 N–H and O–H groups in total. The van der Waals surface area contributed by atoms with Crippen LogP contribution in [0, 0.1) is 29.6 Å². The van der Waals surface area contributed by atoms with Crippen molar-refractivity contribution in [2.24, 2.45) is 17.8 Å². The number of rotatable bonds is 3. The van der Waals surface area contributed by atoms with E-state index >= 15 is 0 Å². The minimum absolute atomic E-state index is 0.161. The van der Waals surface area contributed by atoms with Crippen LogP contribution in [0.3, 0.4) is 0 Å². The van der Waals surface area contributed by atoms with Gasteiger partial charge in [0.1, 0.15) is 5.78 Å². The van der Waals surface area contributed by atoms with Crippen LogP contribution < -0.4 is 0 Å². The number of carbonyl (C=O) groups is 1. The molecule has 1 aliphatic rings. The summed E-state index contributed by atoms with van der Waals surface area (Å²) in [6, 6.07) is 0. The van der Waals surface area contributed by atoms with Crippen LogP contribution >= 0.6 is 0 Å². The molecule has 0 aromatic carbocycles. The molecule has 2 nitrogen and oxygen atoms in total. The Kier molecular flexibility index (Phi) is 5.71. The second kappa shape index (κ2) is 6.81. The molecule has 0 atom stereocenters. The highest BCUT2D eigenvalue weighted by molar-refractivity contribution is 5.82. The zero-order valence-electron chi connectivity index (χ0n) is 11.6. The van der Waals surface area contributed by atoms with Crippen molar-refractivity contribution in [2.75, 3.05) is 19.6 Å². The van der Waals surface area contributed by atoms with Gasteiger partial charge in [0.15, 0.2) is 0 Å². The molecule has 0 unspecified atom stereocenters. The Labute approximate surface area is 106 Å². The molecule has 1 heterocycles. The molecule has 0 radical (unpaired) electrons. The lowest BCUT2D eigenvalue weighted by atomic mass is 9.96. The normalized spacial score (nSPS) is 18.2. The van der Waals surface area contributed by atoms with Gasteiger partial charge < -0.3 is 0 Å². The van der Waals surface area contributed by atoms with Gasteiger partial charge >= 0.3 is 0 Å². The number of likely N-dealkylation sites (tertiary alicyclic amines) is 1. The second-order valence-corrected chi connectivity index (χ2v) is 5.61. The van der Waals surface area contributed by atoms with Crippen molar-refractivity contribution >= 4 is 5.78 Å². The smallest absolute Gasteiger partial charge is 0.149 e. The maximum absolute atomic E-state index is 11.6. The molecule has 2 heteroatoms. The summed E-state index contributed by atoms with van der Waals surface area (Å²) in [5, 5.41) is 0. The van der Waals surface area contributed by atoms with E-state index in [0.717, 1.165) is 25.9 Å². The van der Waals surface area contributed by atoms with Crippen molar-refractivity contribution in [3.8, 4) is 11.8 Å². The highest BCUT2D eigenvalue weighted by atomic mass is 16.1. The van der Waals surface area contributed by atoms with Crippen LogP contribution in [0.5, 0.6) is 0 Å². The van der Waals surface area contributed by atoms with Crippen molar-refractivity contribution < 1.29 is 4.79 Å². The SMILES string of the molecule is CC(C)C#CC1CCN(CC(=O)C(C)C)CC1. The fraction of sp³-hybridized carbons (Fsp3) is 0.800. The summed E-state index contributed by atoms with van der Waals surface area (Å²) in [5.74, 6) is 8.14. The van der Waals surface area contributed by atoms with E-state index in [2.05, 4.69) is 30.6 Å². The van der Waals surface area contributed by atoms with Crippen LogP contribution in [0.2, 0.25) is 0 Å². The lowest BCUT2D eigenvalue weighted by Gasteiger charge is -2.29. The summed E-state index contributed by atoms with van der Waals surface area (Å²) in [6.07, 6.45) is 2.23. The number of ketones is 1. The number of nitrogens with zero attached hydrogens (tertiary/aromatic N) is 1. The molecular weight excluding hydrogens is 210 g/mol. The topological polar surface area (TPSA) is 20.3 Å². The lowest BCUT2D eigenvalue weighted by molar-refractivity contribution is -0.123. The van der Waals surface area contributed by atoms with E-state index in [-0.39, 0.29) is 5.92 Å². The highest BCUT2D eigenvalue weighted by Crippen LogP contribution is 2.16. The Bertz CT molecular complexity index is 301. The van der Waals surface area contributed by atoms with E-state index in [9.17, 15) is 4.79 Å². The van der Waals surface area contributed by atoms with Gasteiger partial charge in [0, 0.05) is 17.8 Å². The minimum Gasteiger partial charge on any atom is -0.298 e. The quantitative estimate of drug-likeness (QED) is 0.701. The van der Waals surface area contributed by atoms with E-state index in [1.165, 1.54) is 0 Å². The molecule has 0 spiro atoms. The zero-order chi connectivity index (χ0) is 12.8. The molecule has 0 aromatic rings. The van der Waals surface area contributed by atoms with Crippen LogP contribution in [-0.2, 0) is 4.79 Å². The van der Waals surface area contributed by atoms with Crippen LogP contribution in [0.25, 0.3) is 0 Å². The van der Waals surface area contributed by atoms with Crippen LogP contribution in [0.4, 0.5) is 0 Å². The number of piperidine rings is 1. The molecular formula is C15H25NO. The first-order chi connectivity index (χ1) is 7.99. The van der Waals surface area contributed by atoms with E-state index in [1.54, 1.807) is 0 Å². The van der Waals surface area contributed by atoms with Crippen LogP contribution in [0.15, 0.2) is 0 Å². The van der Waals surface area contributed by atoms with Crippen LogP contribution in [0.1, 0.15) is 40.5 Å². The maximum Gasteiger partial charge on any atom is 0.149 e. The fourth-order valence-corrected chi connectivity index (χ4v) is 1.92. The predicted octanol–water partition coefficient (Wildman–Crippen LogP) is 2.58. The Morgan fingerprint density at radius 2 is 1.82 bits per heavy atom. The van der Waals surface area contributed by atoms with Gasteiger partial charge in [-0.1, -0.05) is 33.6 Å². The van der Waals surface area contributed by atoms with Crippen molar-refractivity contribution in [3.05, 3.63) is 0 Å². The van der Waals surface area contributed by atoms with E-state index in [1.807, 2.05) is 13.8 Å². The summed E-state index contributed by atoms with van der Waals surface area (Å²) in [7, 11) is 0. The van der Waals surface area contributed by atoms with Gasteiger partial charge in [-0.05, 0) is 25.9 Å². The Morgan fingerprint density at radius 3 is 2.29 bits per heavy atom. The minimum atomic E-state index is 0.161. The number of Topliss-reactive ketones (excluding diaryl/α,β-unsaturated/α-hetero) is 1. The first kappa shape index (κ1) is 14.3. The monoisotopic (exact) mass is 235 g/mol. The van der Waals surface area contributed by atoms with Gasteiger partial charge in [-0.3, -0.25) is 9.69 Å². The predicted molar refractivity (Wildman–Crippen MR) is 71.6 cm³/mol. The lowest BCUT2D eigenvalue weighted by Crippen LogP contribution is -2.38. The molecule has 96 valence electrons. The molecule has 0 amide bonds. The van der Waals surface area contributed by atoms with E-state index < -0.39 is 0 Å². The first-order valence-corrected chi connectivity index (χ1v) is 6.75. The third-order valence-corrected chi connectivity index (χ3v) is 3.19. The summed E-state index contributed by atoms with van der Waals surface area (Å²) >= 11 is 0. The van der Waals surface area contributed by atoms with E-state index in [4.69, 9.17) is 0 Å². The molecule has 0 saturated carbocycles. The molecule has 17 heavy (non-hydrogen) atoms. The standard InChI is InChI=1S/C15H25NO/c1-12(2)5-6-14-7-9-16(10-8-14)11-15(17)13(3)4/h12-14H,7-11H2,1-4H3. The molecule has 1 fully saturated rings. The second-order valence-electron chi connectivity index (χ2n) is 5.61. The third-order valence-electron chi connectivity index (χ3n) is 3.19. The molecule has 0 bridgehead atoms. The average Bonchev–Trinajstić information content (AvgIpc) is 2.28. The van der Waals surface area contributed by atoms with Gasteiger partial charge in [0.05, 0.1) is 6.54 Å². The molecule has 1 rings (SSSR count). The van der Waals surface area contributed by atoms with Gasteiger partial charge in [-0.25, -0.2) is 0 Å². The summed E-state index contributed by atoms with van der Waals surface area (Å²) in [6.45, 7) is 10.9. The Morgan fingerprint density at radius 1 is 1.24 bits per heavy atom. The summed E-state index contributed by atoms with van der Waals surface area (Å²) in [5.41, 5.74) is 0. The number of hydrogen-bond donors (Lipinski definition) is 0. The maximum atomic E-state index is 11.6. The van der Waals surface area contributed by atoms with Crippen molar-refractivity contribution in [1.82, 2.24) is 4.90 Å². The van der Waals surface area contributed by atoms with Crippen molar-refractivity contribution in [1.29, 1.82) is 0 Å². The Balaban J connectivity index is 2.32. The summed E-state index contributed by atoms with van der Waals surface area (Å²) < 4.78 is 0. The summed E-state index contributed by atoms with van der Waals surface area (Å²) in [4.78, 5) is 13.9. The molecule has 1 aliphatic heterocycles.